The van der Waals surface area contributed by atoms with Gasteiger partial charge in [0.2, 0.25) is 5.91 Å². The second-order valence-corrected chi connectivity index (χ2v) is 8.63. The predicted octanol–water partition coefficient (Wildman–Crippen LogP) is 4.33. The van der Waals surface area contributed by atoms with Crippen LogP contribution in [-0.4, -0.2) is 40.5 Å². The maximum absolute atomic E-state index is 13.2. The van der Waals surface area contributed by atoms with E-state index in [0.29, 0.717) is 34.3 Å². The number of amides is 3. The normalized spacial score (nSPS) is 10.5. The third-order valence-electron chi connectivity index (χ3n) is 5.87. The summed E-state index contributed by atoms with van der Waals surface area (Å²) in [5, 5.41) is 30.8. The van der Waals surface area contributed by atoms with Gasteiger partial charge in [-0.3, -0.25) is 14.4 Å². The van der Waals surface area contributed by atoms with Crippen molar-refractivity contribution in [1.29, 1.82) is 5.26 Å². The van der Waals surface area contributed by atoms with E-state index >= 15 is 0 Å². The minimum absolute atomic E-state index is 0.0220. The molecule has 4 rings (SSSR count). The Kier molecular flexibility index (Phi) is 7.39. The first kappa shape index (κ1) is 26.6. The van der Waals surface area contributed by atoms with E-state index in [2.05, 4.69) is 21.1 Å². The molecule has 3 aromatic carbocycles. The molecule has 1 aromatic heterocycles. The number of anilines is 2. The lowest BCUT2D eigenvalue weighted by Gasteiger charge is -2.14. The van der Waals surface area contributed by atoms with E-state index in [1.807, 2.05) is 13.0 Å². The number of aromatic nitrogens is 1. The zero-order chi connectivity index (χ0) is 28.3. The number of benzene rings is 3. The monoisotopic (exact) mass is 525 g/mol. The standard InChI is InChI=1S/C28H23N5O6/c1-4-30-26(35)20-12-24-22(11-19(20)18-7-6-17(9-14(18)2)31-15(3)34)25(33-39-24)27(36)32-23-8-5-16(13-29)10-21(23)28(37)38/h5-12H,4H2,1-3H3,(H,30,35)(H,31,34)(H,32,36)(H,37,38). The Morgan fingerprint density at radius 1 is 0.974 bits per heavy atom. The summed E-state index contributed by atoms with van der Waals surface area (Å²) in [5.74, 6) is -2.64. The third kappa shape index (κ3) is 5.45. The summed E-state index contributed by atoms with van der Waals surface area (Å²) in [6.45, 7) is 5.40. The van der Waals surface area contributed by atoms with Crippen LogP contribution in [0.5, 0.6) is 0 Å². The summed E-state index contributed by atoms with van der Waals surface area (Å²) < 4.78 is 5.38. The molecular weight excluding hydrogens is 502 g/mol. The molecule has 1 heterocycles. The second kappa shape index (κ2) is 10.9. The lowest BCUT2D eigenvalue weighted by molar-refractivity contribution is -0.114. The van der Waals surface area contributed by atoms with Crippen LogP contribution in [0.1, 0.15) is 56.2 Å². The van der Waals surface area contributed by atoms with Crippen LogP contribution < -0.4 is 16.0 Å². The maximum Gasteiger partial charge on any atom is 0.337 e. The molecule has 196 valence electrons. The van der Waals surface area contributed by atoms with Crippen LogP contribution in [0.4, 0.5) is 11.4 Å². The first-order chi connectivity index (χ1) is 18.6. The van der Waals surface area contributed by atoms with E-state index in [9.17, 15) is 24.3 Å². The Labute approximate surface area is 222 Å². The van der Waals surface area contributed by atoms with Crippen molar-refractivity contribution in [3.63, 3.8) is 0 Å². The molecule has 0 saturated heterocycles. The quantitative estimate of drug-likeness (QED) is 0.276. The van der Waals surface area contributed by atoms with E-state index in [0.717, 1.165) is 11.6 Å². The highest BCUT2D eigenvalue weighted by Gasteiger charge is 2.23. The minimum Gasteiger partial charge on any atom is -0.478 e. The summed E-state index contributed by atoms with van der Waals surface area (Å²) in [6.07, 6.45) is 0. The van der Waals surface area contributed by atoms with E-state index < -0.39 is 11.9 Å². The lowest BCUT2D eigenvalue weighted by atomic mass is 9.93. The van der Waals surface area contributed by atoms with Gasteiger partial charge in [-0.15, -0.1) is 0 Å². The molecular formula is C28H23N5O6. The first-order valence-corrected chi connectivity index (χ1v) is 11.8. The van der Waals surface area contributed by atoms with Gasteiger partial charge in [0.05, 0.1) is 33.8 Å². The largest absolute Gasteiger partial charge is 0.478 e. The number of hydrogen-bond acceptors (Lipinski definition) is 7. The molecule has 0 atom stereocenters. The van der Waals surface area contributed by atoms with Crippen molar-refractivity contribution >= 4 is 46.0 Å². The smallest absolute Gasteiger partial charge is 0.337 e. The fraction of sp³-hybridized carbons (Fsp3) is 0.143. The van der Waals surface area contributed by atoms with Crippen molar-refractivity contribution < 1.29 is 28.8 Å². The second-order valence-electron chi connectivity index (χ2n) is 8.63. The van der Waals surface area contributed by atoms with Crippen molar-refractivity contribution in [3.8, 4) is 17.2 Å². The molecule has 39 heavy (non-hydrogen) atoms. The number of aromatic carboxylic acids is 1. The summed E-state index contributed by atoms with van der Waals surface area (Å²) in [5.41, 5.74) is 2.72. The van der Waals surface area contributed by atoms with Gasteiger partial charge in [-0.25, -0.2) is 4.79 Å². The Morgan fingerprint density at radius 2 is 1.74 bits per heavy atom. The molecule has 0 fully saturated rings. The number of nitrogens with zero attached hydrogens (tertiary/aromatic N) is 2. The van der Waals surface area contributed by atoms with Crippen LogP contribution in [0.15, 0.2) is 53.1 Å². The fourth-order valence-corrected chi connectivity index (χ4v) is 4.14. The molecule has 4 aromatic rings. The zero-order valence-electron chi connectivity index (χ0n) is 21.2. The zero-order valence-corrected chi connectivity index (χ0v) is 21.2. The molecule has 0 saturated carbocycles. The van der Waals surface area contributed by atoms with Gasteiger partial charge < -0.3 is 25.6 Å². The van der Waals surface area contributed by atoms with Crippen LogP contribution in [-0.2, 0) is 4.79 Å². The van der Waals surface area contributed by atoms with Gasteiger partial charge in [-0.05, 0) is 73.0 Å². The number of hydrogen-bond donors (Lipinski definition) is 4. The Balaban J connectivity index is 1.82. The number of nitriles is 1. The van der Waals surface area contributed by atoms with Gasteiger partial charge in [-0.1, -0.05) is 11.2 Å². The molecule has 0 aliphatic rings. The van der Waals surface area contributed by atoms with E-state index in [4.69, 9.17) is 9.78 Å². The topological polar surface area (TPSA) is 174 Å². The molecule has 0 bridgehead atoms. The Hall–Kier alpha value is -5.50. The molecule has 11 nitrogen and oxygen atoms in total. The van der Waals surface area contributed by atoms with E-state index in [-0.39, 0.29) is 39.9 Å². The van der Waals surface area contributed by atoms with Crippen molar-refractivity contribution in [1.82, 2.24) is 10.5 Å². The number of aryl methyl sites for hydroxylation is 1. The van der Waals surface area contributed by atoms with Gasteiger partial charge in [0.15, 0.2) is 11.3 Å². The average molecular weight is 526 g/mol. The summed E-state index contributed by atoms with van der Waals surface area (Å²) >= 11 is 0. The average Bonchev–Trinajstić information content (AvgIpc) is 3.31. The molecule has 0 aliphatic carbocycles. The molecule has 0 spiro atoms. The molecule has 3 amide bonds. The number of carboxylic acid groups (broad SMARTS) is 1. The van der Waals surface area contributed by atoms with Crippen molar-refractivity contribution in [3.05, 3.63) is 76.5 Å². The highest BCUT2D eigenvalue weighted by molar-refractivity contribution is 6.14. The Morgan fingerprint density at radius 3 is 2.38 bits per heavy atom. The van der Waals surface area contributed by atoms with Crippen molar-refractivity contribution in [2.45, 2.75) is 20.8 Å². The van der Waals surface area contributed by atoms with Crippen LogP contribution in [0.25, 0.3) is 22.1 Å². The maximum atomic E-state index is 13.2. The van der Waals surface area contributed by atoms with Gasteiger partial charge in [-0.2, -0.15) is 5.26 Å². The summed E-state index contributed by atoms with van der Waals surface area (Å²) in [6, 6.07) is 14.0. The Bertz CT molecular complexity index is 1700. The van der Waals surface area contributed by atoms with E-state index in [1.54, 1.807) is 31.2 Å². The molecule has 0 unspecified atom stereocenters. The number of rotatable bonds is 7. The first-order valence-electron chi connectivity index (χ1n) is 11.8. The number of nitrogens with one attached hydrogen (secondary N) is 3. The summed E-state index contributed by atoms with van der Waals surface area (Å²) in [7, 11) is 0. The third-order valence-corrected chi connectivity index (χ3v) is 5.87. The van der Waals surface area contributed by atoms with Gasteiger partial charge in [0.1, 0.15) is 0 Å². The lowest BCUT2D eigenvalue weighted by Crippen LogP contribution is -2.23. The molecule has 11 heteroatoms. The van der Waals surface area contributed by atoms with Crippen molar-refractivity contribution in [2.24, 2.45) is 0 Å². The minimum atomic E-state index is -1.32. The number of carboxylic acids is 1. The molecule has 0 radical (unpaired) electrons. The van der Waals surface area contributed by atoms with Crippen LogP contribution in [0.3, 0.4) is 0 Å². The number of fused-ring (bicyclic) bond motifs is 1. The van der Waals surface area contributed by atoms with E-state index in [1.165, 1.54) is 25.1 Å². The van der Waals surface area contributed by atoms with Crippen LogP contribution in [0, 0.1) is 18.3 Å². The van der Waals surface area contributed by atoms with Crippen LogP contribution in [0.2, 0.25) is 0 Å². The number of carbonyl (C=O) groups excluding carboxylic acids is 3. The molecule has 0 aliphatic heterocycles. The highest BCUT2D eigenvalue weighted by atomic mass is 16.5. The van der Waals surface area contributed by atoms with Gasteiger partial charge in [0, 0.05) is 19.2 Å². The number of carbonyl (C=O) groups is 4. The van der Waals surface area contributed by atoms with Crippen LogP contribution >= 0.6 is 0 Å². The summed E-state index contributed by atoms with van der Waals surface area (Å²) in [4.78, 5) is 49.3. The highest BCUT2D eigenvalue weighted by Crippen LogP contribution is 2.34. The predicted molar refractivity (Wildman–Crippen MR) is 143 cm³/mol. The van der Waals surface area contributed by atoms with Crippen molar-refractivity contribution in [2.75, 3.05) is 17.2 Å². The van der Waals surface area contributed by atoms with Gasteiger partial charge in [0.25, 0.3) is 11.8 Å². The molecule has 4 N–H and O–H groups in total. The van der Waals surface area contributed by atoms with Gasteiger partial charge >= 0.3 is 5.97 Å². The SMILES string of the molecule is CCNC(=O)c1cc2onc(C(=O)Nc3ccc(C#N)cc3C(=O)O)c2cc1-c1ccc(NC(C)=O)cc1C. The fourth-order valence-electron chi connectivity index (χ4n) is 4.14.